The number of ether oxygens (including phenoxy) is 2. The Bertz CT molecular complexity index is 1220. The number of carbonyl (C=O) groups is 3. The van der Waals surface area contributed by atoms with Crippen molar-refractivity contribution in [2.75, 3.05) is 19.8 Å². The van der Waals surface area contributed by atoms with Crippen molar-refractivity contribution < 1.29 is 23.9 Å². The van der Waals surface area contributed by atoms with Crippen molar-refractivity contribution in [1.82, 2.24) is 5.32 Å². The minimum absolute atomic E-state index is 0.0252. The first-order valence-corrected chi connectivity index (χ1v) is 12.1. The quantitative estimate of drug-likeness (QED) is 0.293. The summed E-state index contributed by atoms with van der Waals surface area (Å²) in [6.07, 6.45) is 3.41. The SMILES string of the molecule is CCOC(=O)CCC(=O)c1ccc(C=CCNC(=O)OCC2c3ccccc3-c3ccccc32)cc1. The minimum atomic E-state index is -0.468. The van der Waals surface area contributed by atoms with Crippen LogP contribution in [0.15, 0.2) is 78.9 Å². The van der Waals surface area contributed by atoms with Crippen molar-refractivity contribution in [3.63, 3.8) is 0 Å². The van der Waals surface area contributed by atoms with Crippen LogP contribution in [0.2, 0.25) is 0 Å². The first-order valence-electron chi connectivity index (χ1n) is 12.1. The van der Waals surface area contributed by atoms with Gasteiger partial charge in [0, 0.05) is 24.4 Å². The van der Waals surface area contributed by atoms with E-state index >= 15 is 0 Å². The summed E-state index contributed by atoms with van der Waals surface area (Å²) in [6, 6.07) is 23.5. The normalized spacial score (nSPS) is 12.1. The molecule has 0 unspecified atom stereocenters. The Morgan fingerprint density at radius 2 is 1.47 bits per heavy atom. The Hall–Kier alpha value is -4.19. The Kier molecular flexibility index (Phi) is 8.29. The molecule has 6 nitrogen and oxygen atoms in total. The fourth-order valence-electron chi connectivity index (χ4n) is 4.36. The van der Waals surface area contributed by atoms with Gasteiger partial charge in [0.25, 0.3) is 0 Å². The van der Waals surface area contributed by atoms with E-state index in [0.29, 0.717) is 18.7 Å². The highest BCUT2D eigenvalue weighted by Crippen LogP contribution is 2.44. The molecule has 0 heterocycles. The van der Waals surface area contributed by atoms with Crippen LogP contribution < -0.4 is 5.32 Å². The van der Waals surface area contributed by atoms with Crippen molar-refractivity contribution >= 4 is 23.9 Å². The first-order chi connectivity index (χ1) is 17.6. The number of Topliss-reactive ketones (excluding diaryl/α,β-unsaturated/α-hetero) is 1. The number of esters is 1. The van der Waals surface area contributed by atoms with Gasteiger partial charge < -0.3 is 14.8 Å². The van der Waals surface area contributed by atoms with Crippen molar-refractivity contribution in [2.45, 2.75) is 25.7 Å². The maximum atomic E-state index is 12.3. The number of hydrogen-bond acceptors (Lipinski definition) is 5. The van der Waals surface area contributed by atoms with E-state index in [0.717, 1.165) is 5.56 Å². The predicted molar refractivity (Wildman–Crippen MR) is 139 cm³/mol. The molecule has 0 aromatic heterocycles. The van der Waals surface area contributed by atoms with Crippen molar-refractivity contribution in [2.24, 2.45) is 0 Å². The van der Waals surface area contributed by atoms with Crippen LogP contribution in [-0.4, -0.2) is 37.6 Å². The number of alkyl carbamates (subject to hydrolysis) is 1. The number of hydrogen-bond donors (Lipinski definition) is 1. The summed E-state index contributed by atoms with van der Waals surface area (Å²) in [5, 5.41) is 2.75. The Morgan fingerprint density at radius 1 is 0.833 bits per heavy atom. The molecule has 3 aromatic rings. The molecule has 0 atom stereocenters. The van der Waals surface area contributed by atoms with E-state index in [4.69, 9.17) is 9.47 Å². The first kappa shape index (κ1) is 24.9. The summed E-state index contributed by atoms with van der Waals surface area (Å²) in [5.74, 6) is -0.443. The molecule has 0 saturated carbocycles. The molecule has 36 heavy (non-hydrogen) atoms. The van der Waals surface area contributed by atoms with Gasteiger partial charge in [0.15, 0.2) is 5.78 Å². The van der Waals surface area contributed by atoms with Gasteiger partial charge in [-0.25, -0.2) is 4.79 Å². The molecule has 1 amide bonds. The average Bonchev–Trinajstić information content (AvgIpc) is 3.23. The van der Waals surface area contributed by atoms with Gasteiger partial charge in [-0.2, -0.15) is 0 Å². The average molecular weight is 484 g/mol. The molecule has 184 valence electrons. The summed E-state index contributed by atoms with van der Waals surface area (Å²) in [6.45, 7) is 2.63. The van der Waals surface area contributed by atoms with E-state index in [1.54, 1.807) is 19.1 Å². The number of rotatable bonds is 10. The van der Waals surface area contributed by atoms with Crippen LogP contribution in [0.4, 0.5) is 4.79 Å². The summed E-state index contributed by atoms with van der Waals surface area (Å²) in [5.41, 5.74) is 6.18. The molecular formula is C30H29NO5. The van der Waals surface area contributed by atoms with Crippen LogP contribution in [-0.2, 0) is 14.3 Å². The number of fused-ring (bicyclic) bond motifs is 3. The van der Waals surface area contributed by atoms with E-state index < -0.39 is 6.09 Å². The highest BCUT2D eigenvalue weighted by atomic mass is 16.5. The van der Waals surface area contributed by atoms with E-state index in [1.807, 2.05) is 48.6 Å². The summed E-state index contributed by atoms with van der Waals surface area (Å²) in [4.78, 5) is 35.9. The van der Waals surface area contributed by atoms with Gasteiger partial charge in [0.05, 0.1) is 13.0 Å². The molecule has 1 aliphatic carbocycles. The maximum absolute atomic E-state index is 12.3. The number of carbonyl (C=O) groups excluding carboxylic acids is 3. The predicted octanol–water partition coefficient (Wildman–Crippen LogP) is 5.76. The maximum Gasteiger partial charge on any atom is 0.407 e. The fourth-order valence-corrected chi connectivity index (χ4v) is 4.36. The summed E-state index contributed by atoms with van der Waals surface area (Å²) in [7, 11) is 0. The monoisotopic (exact) mass is 483 g/mol. The lowest BCUT2D eigenvalue weighted by Gasteiger charge is -2.14. The van der Waals surface area contributed by atoms with Gasteiger partial charge in [-0.3, -0.25) is 9.59 Å². The number of ketones is 1. The van der Waals surface area contributed by atoms with Crippen LogP contribution >= 0.6 is 0 Å². The third-order valence-electron chi connectivity index (χ3n) is 6.11. The number of nitrogens with one attached hydrogen (secondary N) is 1. The lowest BCUT2D eigenvalue weighted by Crippen LogP contribution is -2.26. The van der Waals surface area contributed by atoms with Crippen LogP contribution in [0.1, 0.15) is 52.7 Å². The van der Waals surface area contributed by atoms with Crippen LogP contribution in [0.25, 0.3) is 17.2 Å². The second-order valence-electron chi connectivity index (χ2n) is 8.46. The van der Waals surface area contributed by atoms with Crippen LogP contribution in [0.3, 0.4) is 0 Å². The van der Waals surface area contributed by atoms with Crippen LogP contribution in [0.5, 0.6) is 0 Å². The van der Waals surface area contributed by atoms with Crippen LogP contribution in [0, 0.1) is 0 Å². The molecule has 0 aliphatic heterocycles. The highest BCUT2D eigenvalue weighted by Gasteiger charge is 2.28. The Labute approximate surface area is 210 Å². The zero-order chi connectivity index (χ0) is 25.3. The molecule has 0 fully saturated rings. The van der Waals surface area contributed by atoms with E-state index in [-0.39, 0.29) is 37.1 Å². The molecule has 3 aromatic carbocycles. The van der Waals surface area contributed by atoms with Gasteiger partial charge in [0.2, 0.25) is 0 Å². The zero-order valence-corrected chi connectivity index (χ0v) is 20.2. The second kappa shape index (κ2) is 12.0. The van der Waals surface area contributed by atoms with Crippen molar-refractivity contribution in [3.8, 4) is 11.1 Å². The standard InChI is InChI=1S/C30H29NO5/c1-2-35-29(33)18-17-28(32)22-15-13-21(14-16-22)8-7-19-31-30(34)36-20-27-25-11-5-3-9-23(25)24-10-4-6-12-26(24)27/h3-16,27H,2,17-20H2,1H3,(H,31,34). The molecule has 0 saturated heterocycles. The Balaban J connectivity index is 1.22. The summed E-state index contributed by atoms with van der Waals surface area (Å²) >= 11 is 0. The van der Waals surface area contributed by atoms with E-state index in [1.165, 1.54) is 22.3 Å². The van der Waals surface area contributed by atoms with Gasteiger partial charge in [-0.05, 0) is 34.7 Å². The lowest BCUT2D eigenvalue weighted by atomic mass is 9.98. The molecule has 1 N–H and O–H groups in total. The largest absolute Gasteiger partial charge is 0.466 e. The molecule has 0 bridgehead atoms. The Morgan fingerprint density at radius 3 is 2.11 bits per heavy atom. The van der Waals surface area contributed by atoms with Crippen molar-refractivity contribution in [3.05, 3.63) is 101 Å². The smallest absolute Gasteiger partial charge is 0.407 e. The topological polar surface area (TPSA) is 81.7 Å². The molecule has 0 spiro atoms. The fraction of sp³-hybridized carbons (Fsp3) is 0.233. The van der Waals surface area contributed by atoms with E-state index in [2.05, 4.69) is 29.6 Å². The van der Waals surface area contributed by atoms with E-state index in [9.17, 15) is 14.4 Å². The second-order valence-corrected chi connectivity index (χ2v) is 8.46. The molecule has 6 heteroatoms. The van der Waals surface area contributed by atoms with Gasteiger partial charge >= 0.3 is 12.1 Å². The van der Waals surface area contributed by atoms with Gasteiger partial charge in [0.1, 0.15) is 6.61 Å². The number of benzene rings is 3. The zero-order valence-electron chi connectivity index (χ0n) is 20.2. The van der Waals surface area contributed by atoms with Crippen molar-refractivity contribution in [1.29, 1.82) is 0 Å². The van der Waals surface area contributed by atoms with Gasteiger partial charge in [-0.1, -0.05) is 84.9 Å². The third-order valence-corrected chi connectivity index (χ3v) is 6.11. The lowest BCUT2D eigenvalue weighted by molar-refractivity contribution is -0.143. The minimum Gasteiger partial charge on any atom is -0.466 e. The molecular weight excluding hydrogens is 454 g/mol. The summed E-state index contributed by atoms with van der Waals surface area (Å²) < 4.78 is 10.4. The number of amides is 1. The molecule has 0 radical (unpaired) electrons. The van der Waals surface area contributed by atoms with Gasteiger partial charge in [-0.15, -0.1) is 0 Å². The highest BCUT2D eigenvalue weighted by molar-refractivity contribution is 5.97. The third kappa shape index (κ3) is 6.08. The molecule has 1 aliphatic rings. The molecule has 4 rings (SSSR count).